The van der Waals surface area contributed by atoms with Gasteiger partial charge in [0.15, 0.2) is 0 Å². The molecule has 0 aliphatic rings. The van der Waals surface area contributed by atoms with E-state index in [1.54, 1.807) is 0 Å². The van der Waals surface area contributed by atoms with Crippen molar-refractivity contribution in [2.45, 2.75) is 12.8 Å². The Morgan fingerprint density at radius 2 is 1.76 bits per heavy atom. The highest BCUT2D eigenvalue weighted by Crippen LogP contribution is 2.14. The summed E-state index contributed by atoms with van der Waals surface area (Å²) in [4.78, 5) is 12.0. The van der Waals surface area contributed by atoms with Crippen LogP contribution in [0.4, 0.5) is 5.69 Å². The molecule has 0 aromatic heterocycles. The second-order valence-corrected chi connectivity index (χ2v) is 4.54. The first-order valence-electron chi connectivity index (χ1n) is 6.82. The number of para-hydroxylation sites is 1. The molecule has 0 saturated heterocycles. The summed E-state index contributed by atoms with van der Waals surface area (Å²) in [5.74, 6) is 5.37. The SMILES string of the molecule is O=C(CCc1ccccc1)Nc1ccccc1C#CCO. The fourth-order valence-corrected chi connectivity index (χ4v) is 1.95. The molecule has 3 nitrogen and oxygen atoms in total. The van der Waals surface area contributed by atoms with E-state index in [1.165, 1.54) is 0 Å². The van der Waals surface area contributed by atoms with Gasteiger partial charge in [0.05, 0.1) is 5.69 Å². The summed E-state index contributed by atoms with van der Waals surface area (Å²) in [6.07, 6.45) is 1.13. The van der Waals surface area contributed by atoms with E-state index >= 15 is 0 Å². The van der Waals surface area contributed by atoms with Crippen molar-refractivity contribution >= 4 is 11.6 Å². The second kappa shape index (κ2) is 7.88. The molecule has 3 heteroatoms. The molecule has 0 saturated carbocycles. The van der Waals surface area contributed by atoms with Gasteiger partial charge < -0.3 is 10.4 Å². The quantitative estimate of drug-likeness (QED) is 0.845. The van der Waals surface area contributed by atoms with Gasteiger partial charge in [0.1, 0.15) is 6.61 Å². The van der Waals surface area contributed by atoms with Gasteiger partial charge in [0.25, 0.3) is 0 Å². The molecule has 0 radical (unpaired) electrons. The van der Waals surface area contributed by atoms with E-state index in [4.69, 9.17) is 5.11 Å². The minimum absolute atomic E-state index is 0.0444. The molecule has 2 N–H and O–H groups in total. The second-order valence-electron chi connectivity index (χ2n) is 4.54. The smallest absolute Gasteiger partial charge is 0.224 e. The third kappa shape index (κ3) is 4.79. The van der Waals surface area contributed by atoms with E-state index in [2.05, 4.69) is 17.2 Å². The molecule has 0 atom stereocenters. The Morgan fingerprint density at radius 1 is 1.05 bits per heavy atom. The van der Waals surface area contributed by atoms with Crippen molar-refractivity contribution in [3.63, 3.8) is 0 Å². The lowest BCUT2D eigenvalue weighted by Crippen LogP contribution is -2.13. The van der Waals surface area contributed by atoms with Crippen LogP contribution in [-0.4, -0.2) is 17.6 Å². The fraction of sp³-hybridized carbons (Fsp3) is 0.167. The van der Waals surface area contributed by atoms with Crippen molar-refractivity contribution in [3.05, 3.63) is 65.7 Å². The van der Waals surface area contributed by atoms with Gasteiger partial charge in [-0.25, -0.2) is 0 Å². The Bertz CT molecular complexity index is 654. The van der Waals surface area contributed by atoms with E-state index in [-0.39, 0.29) is 12.5 Å². The van der Waals surface area contributed by atoms with Crippen LogP contribution in [0.2, 0.25) is 0 Å². The molecule has 1 amide bonds. The monoisotopic (exact) mass is 279 g/mol. The third-order valence-electron chi connectivity index (χ3n) is 2.99. The van der Waals surface area contributed by atoms with Crippen molar-refractivity contribution < 1.29 is 9.90 Å². The lowest BCUT2D eigenvalue weighted by Gasteiger charge is -2.07. The van der Waals surface area contributed by atoms with Gasteiger partial charge >= 0.3 is 0 Å². The first-order valence-corrected chi connectivity index (χ1v) is 6.82. The standard InChI is InChI=1S/C18H17NO2/c20-14-6-10-16-9-4-5-11-17(16)19-18(21)13-12-15-7-2-1-3-8-15/h1-5,7-9,11,20H,12-14H2,(H,19,21). The number of aliphatic hydroxyl groups excluding tert-OH is 1. The van der Waals surface area contributed by atoms with Crippen LogP contribution in [0.3, 0.4) is 0 Å². The van der Waals surface area contributed by atoms with Crippen molar-refractivity contribution in [1.82, 2.24) is 0 Å². The maximum Gasteiger partial charge on any atom is 0.224 e. The number of carbonyl (C=O) groups is 1. The third-order valence-corrected chi connectivity index (χ3v) is 2.99. The fourth-order valence-electron chi connectivity index (χ4n) is 1.95. The number of hydrogen-bond acceptors (Lipinski definition) is 2. The van der Waals surface area contributed by atoms with Crippen LogP contribution in [0, 0.1) is 11.8 Å². The molecule has 0 unspecified atom stereocenters. The molecule has 0 fully saturated rings. The van der Waals surface area contributed by atoms with E-state index < -0.39 is 0 Å². The van der Waals surface area contributed by atoms with Crippen LogP contribution in [0.25, 0.3) is 0 Å². The predicted octanol–water partition coefficient (Wildman–Crippen LogP) is 2.60. The lowest BCUT2D eigenvalue weighted by molar-refractivity contribution is -0.116. The Hall–Kier alpha value is -2.57. The van der Waals surface area contributed by atoms with Crippen molar-refractivity contribution in [1.29, 1.82) is 0 Å². The van der Waals surface area contributed by atoms with Gasteiger partial charge in [-0.15, -0.1) is 0 Å². The molecule has 2 aromatic carbocycles. The van der Waals surface area contributed by atoms with E-state index in [9.17, 15) is 4.79 Å². The number of amides is 1. The minimum Gasteiger partial charge on any atom is -0.384 e. The van der Waals surface area contributed by atoms with Gasteiger partial charge in [-0.1, -0.05) is 54.3 Å². The Morgan fingerprint density at radius 3 is 2.52 bits per heavy atom. The molecular formula is C18H17NO2. The molecule has 106 valence electrons. The number of aliphatic hydroxyl groups is 1. The van der Waals surface area contributed by atoms with Gasteiger partial charge in [-0.3, -0.25) is 4.79 Å². The van der Waals surface area contributed by atoms with Crippen molar-refractivity contribution in [2.24, 2.45) is 0 Å². The van der Waals surface area contributed by atoms with Gasteiger partial charge in [-0.05, 0) is 24.1 Å². The average molecular weight is 279 g/mol. The Labute approximate surface area is 124 Å². The zero-order valence-corrected chi connectivity index (χ0v) is 11.7. The summed E-state index contributed by atoms with van der Waals surface area (Å²) in [5, 5.41) is 11.6. The first kappa shape index (κ1) is 14.8. The molecule has 2 aromatic rings. The largest absolute Gasteiger partial charge is 0.384 e. The molecule has 0 heterocycles. The van der Waals surface area contributed by atoms with Crippen LogP contribution in [0.5, 0.6) is 0 Å². The van der Waals surface area contributed by atoms with Gasteiger partial charge in [-0.2, -0.15) is 0 Å². The lowest BCUT2D eigenvalue weighted by atomic mass is 10.1. The number of rotatable bonds is 4. The highest BCUT2D eigenvalue weighted by molar-refractivity contribution is 5.92. The summed E-state index contributed by atoms with van der Waals surface area (Å²) < 4.78 is 0. The zero-order chi connectivity index (χ0) is 14.9. The summed E-state index contributed by atoms with van der Waals surface area (Å²) in [6.45, 7) is -0.198. The maximum atomic E-state index is 12.0. The average Bonchev–Trinajstić information content (AvgIpc) is 2.53. The number of aryl methyl sites for hydroxylation is 1. The van der Waals surface area contributed by atoms with E-state index in [1.807, 2.05) is 54.6 Å². The van der Waals surface area contributed by atoms with Gasteiger partial charge in [0.2, 0.25) is 5.91 Å². The Balaban J connectivity index is 1.97. The molecular weight excluding hydrogens is 262 g/mol. The number of anilines is 1. The zero-order valence-electron chi connectivity index (χ0n) is 11.7. The summed E-state index contributed by atoms with van der Waals surface area (Å²) >= 11 is 0. The minimum atomic E-state index is -0.198. The maximum absolute atomic E-state index is 12.0. The molecule has 0 aliphatic heterocycles. The summed E-state index contributed by atoms with van der Waals surface area (Å²) in [5.41, 5.74) is 2.53. The van der Waals surface area contributed by atoms with Crippen molar-refractivity contribution in [2.75, 3.05) is 11.9 Å². The Kier molecular flexibility index (Phi) is 5.57. The molecule has 2 rings (SSSR count). The number of carbonyl (C=O) groups excluding carboxylic acids is 1. The van der Waals surface area contributed by atoms with E-state index in [0.29, 0.717) is 24.1 Å². The molecule has 0 bridgehead atoms. The van der Waals surface area contributed by atoms with E-state index in [0.717, 1.165) is 5.56 Å². The van der Waals surface area contributed by atoms with Crippen LogP contribution in [-0.2, 0) is 11.2 Å². The molecule has 21 heavy (non-hydrogen) atoms. The van der Waals surface area contributed by atoms with Crippen LogP contribution < -0.4 is 5.32 Å². The van der Waals surface area contributed by atoms with Crippen LogP contribution >= 0.6 is 0 Å². The highest BCUT2D eigenvalue weighted by Gasteiger charge is 2.05. The molecule has 0 aliphatic carbocycles. The number of nitrogens with one attached hydrogen (secondary N) is 1. The van der Waals surface area contributed by atoms with Crippen LogP contribution in [0.1, 0.15) is 17.5 Å². The predicted molar refractivity (Wildman–Crippen MR) is 83.8 cm³/mol. The number of hydrogen-bond donors (Lipinski definition) is 2. The number of benzene rings is 2. The first-order chi connectivity index (χ1) is 10.3. The molecule has 0 spiro atoms. The summed E-state index contributed by atoms with van der Waals surface area (Å²) in [6, 6.07) is 17.2. The van der Waals surface area contributed by atoms with Gasteiger partial charge in [0, 0.05) is 12.0 Å². The normalized spacial score (nSPS) is 9.57. The highest BCUT2D eigenvalue weighted by atomic mass is 16.2. The van der Waals surface area contributed by atoms with Crippen LogP contribution in [0.15, 0.2) is 54.6 Å². The summed E-state index contributed by atoms with van der Waals surface area (Å²) in [7, 11) is 0. The van der Waals surface area contributed by atoms with Crippen molar-refractivity contribution in [3.8, 4) is 11.8 Å². The topological polar surface area (TPSA) is 49.3 Å².